The number of nitrogens with zero attached hydrogens (tertiary/aromatic N) is 3. The highest BCUT2D eigenvalue weighted by atomic mass is 16.1. The maximum atomic E-state index is 12.2. The van der Waals surface area contributed by atoms with Crippen LogP contribution in [0.4, 0.5) is 5.82 Å². The molecule has 20 heavy (non-hydrogen) atoms. The zero-order valence-corrected chi connectivity index (χ0v) is 12.6. The zero-order valence-electron chi connectivity index (χ0n) is 12.6. The van der Waals surface area contributed by atoms with Gasteiger partial charge >= 0.3 is 0 Å². The van der Waals surface area contributed by atoms with Gasteiger partial charge in [-0.05, 0) is 30.9 Å². The van der Waals surface area contributed by atoms with E-state index in [1.165, 1.54) is 6.33 Å². The van der Waals surface area contributed by atoms with Gasteiger partial charge in [0.05, 0.1) is 0 Å². The lowest BCUT2D eigenvalue weighted by Gasteiger charge is -2.13. The molecule has 0 atom stereocenters. The second-order valence-corrected chi connectivity index (χ2v) is 5.32. The molecule has 0 bridgehead atoms. The first kappa shape index (κ1) is 14.5. The van der Waals surface area contributed by atoms with Crippen molar-refractivity contribution in [3.63, 3.8) is 0 Å². The number of rotatable bonds is 5. The van der Waals surface area contributed by atoms with Crippen LogP contribution in [0.25, 0.3) is 5.52 Å². The Kier molecular flexibility index (Phi) is 4.37. The molecule has 0 unspecified atom stereocenters. The van der Waals surface area contributed by atoms with E-state index in [9.17, 15) is 4.79 Å². The first-order valence-electron chi connectivity index (χ1n) is 7.21. The van der Waals surface area contributed by atoms with Gasteiger partial charge in [-0.2, -0.15) is 5.10 Å². The molecule has 0 radical (unpaired) electrons. The fourth-order valence-corrected chi connectivity index (χ4v) is 2.37. The quantitative estimate of drug-likeness (QED) is 0.910. The van der Waals surface area contributed by atoms with Crippen molar-refractivity contribution in [3.8, 4) is 0 Å². The summed E-state index contributed by atoms with van der Waals surface area (Å²) >= 11 is 0. The molecule has 0 aliphatic heterocycles. The minimum Gasteiger partial charge on any atom is -0.309 e. The summed E-state index contributed by atoms with van der Waals surface area (Å²) < 4.78 is 1.85. The molecule has 5 heteroatoms. The molecule has 2 aromatic heterocycles. The molecule has 0 saturated carbocycles. The van der Waals surface area contributed by atoms with E-state index in [0.717, 1.165) is 24.1 Å². The standard InChI is InChI=1S/C15H22N4O/c1-5-11(6-2)15(20)18-14-13-8-7-12(10(3)4)19(13)17-9-16-14/h7-11H,5-6H2,1-4H3,(H,16,17,18,20). The second kappa shape index (κ2) is 6.03. The third-order valence-electron chi connectivity index (χ3n) is 3.67. The summed E-state index contributed by atoms with van der Waals surface area (Å²) in [6, 6.07) is 3.99. The molecule has 5 nitrogen and oxygen atoms in total. The monoisotopic (exact) mass is 274 g/mol. The zero-order chi connectivity index (χ0) is 14.7. The summed E-state index contributed by atoms with van der Waals surface area (Å²) in [4.78, 5) is 16.4. The molecule has 2 heterocycles. The predicted octanol–water partition coefficient (Wildman–Crippen LogP) is 3.23. The van der Waals surface area contributed by atoms with Crippen molar-refractivity contribution in [1.82, 2.24) is 14.6 Å². The van der Waals surface area contributed by atoms with Gasteiger partial charge < -0.3 is 5.32 Å². The van der Waals surface area contributed by atoms with E-state index in [1.807, 2.05) is 30.5 Å². The fraction of sp³-hybridized carbons (Fsp3) is 0.533. The Morgan fingerprint density at radius 1 is 1.30 bits per heavy atom. The third kappa shape index (κ3) is 2.66. The summed E-state index contributed by atoms with van der Waals surface area (Å²) in [7, 11) is 0. The predicted molar refractivity (Wildman–Crippen MR) is 79.8 cm³/mol. The Morgan fingerprint density at radius 2 is 2.00 bits per heavy atom. The van der Waals surface area contributed by atoms with Crippen LogP contribution in [-0.4, -0.2) is 20.5 Å². The van der Waals surface area contributed by atoms with Gasteiger partial charge in [0.15, 0.2) is 5.82 Å². The van der Waals surface area contributed by atoms with Gasteiger partial charge in [0.2, 0.25) is 5.91 Å². The molecule has 2 aromatic rings. The van der Waals surface area contributed by atoms with Crippen molar-refractivity contribution >= 4 is 17.2 Å². The Hall–Kier alpha value is -1.91. The molecule has 0 fully saturated rings. The van der Waals surface area contributed by atoms with Crippen LogP contribution in [0.2, 0.25) is 0 Å². The SMILES string of the molecule is CCC(CC)C(=O)Nc1ncnn2c(C(C)C)ccc12. The molecule has 0 spiro atoms. The number of fused-ring (bicyclic) bond motifs is 1. The van der Waals surface area contributed by atoms with Gasteiger partial charge in [-0.15, -0.1) is 0 Å². The van der Waals surface area contributed by atoms with Crippen molar-refractivity contribution in [2.75, 3.05) is 5.32 Å². The highest BCUT2D eigenvalue weighted by Gasteiger charge is 2.17. The Bertz CT molecular complexity index is 599. The van der Waals surface area contributed by atoms with Crippen molar-refractivity contribution in [3.05, 3.63) is 24.2 Å². The smallest absolute Gasteiger partial charge is 0.228 e. The average molecular weight is 274 g/mol. The van der Waals surface area contributed by atoms with Crippen LogP contribution in [0, 0.1) is 5.92 Å². The highest BCUT2D eigenvalue weighted by Crippen LogP contribution is 2.22. The molecule has 0 aliphatic carbocycles. The number of nitrogens with one attached hydrogen (secondary N) is 1. The molecule has 1 amide bonds. The van der Waals surface area contributed by atoms with Crippen LogP contribution in [-0.2, 0) is 4.79 Å². The number of aromatic nitrogens is 3. The van der Waals surface area contributed by atoms with Gasteiger partial charge in [-0.25, -0.2) is 9.50 Å². The molecule has 0 aliphatic rings. The topological polar surface area (TPSA) is 59.3 Å². The van der Waals surface area contributed by atoms with Crippen molar-refractivity contribution in [1.29, 1.82) is 0 Å². The van der Waals surface area contributed by atoms with Crippen molar-refractivity contribution in [2.45, 2.75) is 46.5 Å². The Labute approximate surface area is 119 Å². The first-order valence-corrected chi connectivity index (χ1v) is 7.21. The summed E-state index contributed by atoms with van der Waals surface area (Å²) in [5.41, 5.74) is 1.95. The van der Waals surface area contributed by atoms with Crippen LogP contribution in [0.3, 0.4) is 0 Å². The number of anilines is 1. The summed E-state index contributed by atoms with van der Waals surface area (Å²) in [5, 5.41) is 7.20. The lowest BCUT2D eigenvalue weighted by molar-refractivity contribution is -0.120. The molecule has 0 aromatic carbocycles. The minimum atomic E-state index is 0.0305. The van der Waals surface area contributed by atoms with Gasteiger partial charge in [0.1, 0.15) is 11.8 Å². The van der Waals surface area contributed by atoms with Crippen molar-refractivity contribution in [2.24, 2.45) is 5.92 Å². The van der Waals surface area contributed by atoms with E-state index in [-0.39, 0.29) is 11.8 Å². The molecule has 0 saturated heterocycles. The maximum Gasteiger partial charge on any atom is 0.228 e. The fourth-order valence-electron chi connectivity index (χ4n) is 2.37. The highest BCUT2D eigenvalue weighted by molar-refractivity contribution is 5.95. The number of amides is 1. The van der Waals surface area contributed by atoms with Crippen LogP contribution in [0.5, 0.6) is 0 Å². The molecular formula is C15H22N4O. The Morgan fingerprint density at radius 3 is 2.60 bits per heavy atom. The lowest BCUT2D eigenvalue weighted by Crippen LogP contribution is -2.22. The minimum absolute atomic E-state index is 0.0305. The Balaban J connectivity index is 2.34. The van der Waals surface area contributed by atoms with E-state index in [2.05, 4.69) is 29.2 Å². The van der Waals surface area contributed by atoms with Gasteiger partial charge in [0.25, 0.3) is 0 Å². The van der Waals surface area contributed by atoms with Crippen molar-refractivity contribution < 1.29 is 4.79 Å². The summed E-state index contributed by atoms with van der Waals surface area (Å²) in [6.45, 7) is 8.29. The van der Waals surface area contributed by atoms with Crippen LogP contribution in [0.1, 0.15) is 52.1 Å². The molecule has 108 valence electrons. The van der Waals surface area contributed by atoms with Gasteiger partial charge in [-0.3, -0.25) is 4.79 Å². The molecule has 1 N–H and O–H groups in total. The maximum absolute atomic E-state index is 12.2. The molecule has 2 rings (SSSR count). The molecular weight excluding hydrogens is 252 g/mol. The number of hydrogen-bond donors (Lipinski definition) is 1. The van der Waals surface area contributed by atoms with E-state index >= 15 is 0 Å². The van der Waals surface area contributed by atoms with Gasteiger partial charge in [-0.1, -0.05) is 27.7 Å². The lowest BCUT2D eigenvalue weighted by atomic mass is 10.0. The van der Waals surface area contributed by atoms with E-state index in [4.69, 9.17) is 0 Å². The second-order valence-electron chi connectivity index (χ2n) is 5.32. The largest absolute Gasteiger partial charge is 0.309 e. The third-order valence-corrected chi connectivity index (χ3v) is 3.67. The average Bonchev–Trinajstić information content (AvgIpc) is 2.85. The van der Waals surface area contributed by atoms with Crippen LogP contribution >= 0.6 is 0 Å². The number of carbonyl (C=O) groups is 1. The van der Waals surface area contributed by atoms with Crippen LogP contribution < -0.4 is 5.32 Å². The number of hydrogen-bond acceptors (Lipinski definition) is 3. The van der Waals surface area contributed by atoms with E-state index in [0.29, 0.717) is 11.7 Å². The van der Waals surface area contributed by atoms with E-state index in [1.54, 1.807) is 0 Å². The normalized spacial score (nSPS) is 11.5. The van der Waals surface area contributed by atoms with Crippen LogP contribution in [0.15, 0.2) is 18.5 Å². The number of carbonyl (C=O) groups excluding carboxylic acids is 1. The summed E-state index contributed by atoms with van der Waals surface area (Å²) in [6.07, 6.45) is 3.16. The van der Waals surface area contributed by atoms with Gasteiger partial charge in [0, 0.05) is 11.6 Å². The first-order chi connectivity index (χ1) is 9.58. The van der Waals surface area contributed by atoms with E-state index < -0.39 is 0 Å². The summed E-state index contributed by atoms with van der Waals surface area (Å²) in [5.74, 6) is 1.02.